The lowest BCUT2D eigenvalue weighted by Crippen LogP contribution is -2.34. The van der Waals surface area contributed by atoms with Crippen molar-refractivity contribution in [1.29, 1.82) is 0 Å². The van der Waals surface area contributed by atoms with Crippen molar-refractivity contribution in [3.63, 3.8) is 0 Å². The van der Waals surface area contributed by atoms with E-state index in [0.29, 0.717) is 26.2 Å². The molecule has 2 N–H and O–H groups in total. The zero-order valence-electron chi connectivity index (χ0n) is 12.5. The lowest BCUT2D eigenvalue weighted by molar-refractivity contribution is 0.199. The summed E-state index contributed by atoms with van der Waals surface area (Å²) in [4.78, 5) is 2.08. The third kappa shape index (κ3) is 5.07. The van der Waals surface area contributed by atoms with Crippen LogP contribution in [0, 0.1) is 5.82 Å². The number of methoxy groups -OCH3 is 1. The van der Waals surface area contributed by atoms with Gasteiger partial charge in [0.1, 0.15) is 5.82 Å². The van der Waals surface area contributed by atoms with Gasteiger partial charge in [0, 0.05) is 38.5 Å². The average Bonchev–Trinajstić information content (AvgIpc) is 2.41. The molecular formula is C15H25FN2O2. The molecule has 0 amide bonds. The number of halogens is 1. The van der Waals surface area contributed by atoms with Gasteiger partial charge in [-0.1, -0.05) is 0 Å². The number of rotatable bonds is 9. The fourth-order valence-electron chi connectivity index (χ4n) is 2.14. The van der Waals surface area contributed by atoms with Crippen LogP contribution in [0.25, 0.3) is 0 Å². The lowest BCUT2D eigenvalue weighted by Gasteiger charge is -2.30. The summed E-state index contributed by atoms with van der Waals surface area (Å²) in [6.45, 7) is 6.64. The molecule has 0 aliphatic heterocycles. The van der Waals surface area contributed by atoms with E-state index < -0.39 is 0 Å². The van der Waals surface area contributed by atoms with Crippen molar-refractivity contribution in [2.45, 2.75) is 26.4 Å². The number of hydrogen-bond acceptors (Lipinski definition) is 4. The zero-order chi connectivity index (χ0) is 15.0. The van der Waals surface area contributed by atoms with Crippen LogP contribution in [-0.2, 0) is 11.3 Å². The molecule has 0 saturated carbocycles. The number of ether oxygens (including phenoxy) is 1. The van der Waals surface area contributed by atoms with Crippen LogP contribution in [0.3, 0.4) is 0 Å². The molecule has 4 nitrogen and oxygen atoms in total. The minimum atomic E-state index is -0.245. The summed E-state index contributed by atoms with van der Waals surface area (Å²) in [6.07, 6.45) is 0. The Morgan fingerprint density at radius 1 is 1.40 bits per heavy atom. The van der Waals surface area contributed by atoms with E-state index in [0.717, 1.165) is 11.3 Å². The second-order valence-electron chi connectivity index (χ2n) is 4.95. The van der Waals surface area contributed by atoms with Gasteiger partial charge in [-0.25, -0.2) is 4.39 Å². The van der Waals surface area contributed by atoms with Gasteiger partial charge >= 0.3 is 0 Å². The molecule has 0 unspecified atom stereocenters. The Balaban J connectivity index is 2.87. The van der Waals surface area contributed by atoms with Crippen LogP contribution in [0.2, 0.25) is 0 Å². The first-order chi connectivity index (χ1) is 9.60. The van der Waals surface area contributed by atoms with E-state index in [-0.39, 0.29) is 18.5 Å². The number of hydrogen-bond donors (Lipinski definition) is 2. The van der Waals surface area contributed by atoms with Crippen LogP contribution >= 0.6 is 0 Å². The summed E-state index contributed by atoms with van der Waals surface area (Å²) in [5.74, 6) is -0.245. The van der Waals surface area contributed by atoms with Crippen molar-refractivity contribution in [2.75, 3.05) is 38.3 Å². The monoisotopic (exact) mass is 284 g/mol. The number of nitrogens with zero attached hydrogens (tertiary/aromatic N) is 1. The Labute approximate surface area is 120 Å². The Kier molecular flexibility index (Phi) is 7.51. The van der Waals surface area contributed by atoms with Gasteiger partial charge in [-0.2, -0.15) is 0 Å². The minimum Gasteiger partial charge on any atom is -0.395 e. The van der Waals surface area contributed by atoms with E-state index in [4.69, 9.17) is 4.74 Å². The smallest absolute Gasteiger partial charge is 0.123 e. The Hall–Kier alpha value is -1.17. The molecule has 1 aromatic rings. The van der Waals surface area contributed by atoms with Gasteiger partial charge in [-0.3, -0.25) is 0 Å². The largest absolute Gasteiger partial charge is 0.395 e. The van der Waals surface area contributed by atoms with Crippen LogP contribution in [0.15, 0.2) is 18.2 Å². The molecule has 1 rings (SSSR count). The molecule has 5 heteroatoms. The van der Waals surface area contributed by atoms with Gasteiger partial charge in [0.2, 0.25) is 0 Å². The third-order valence-corrected chi connectivity index (χ3v) is 3.11. The fraction of sp³-hybridized carbons (Fsp3) is 0.600. The van der Waals surface area contributed by atoms with E-state index in [1.165, 1.54) is 6.07 Å². The Morgan fingerprint density at radius 2 is 2.15 bits per heavy atom. The van der Waals surface area contributed by atoms with E-state index in [1.807, 2.05) is 0 Å². The van der Waals surface area contributed by atoms with Crippen molar-refractivity contribution in [2.24, 2.45) is 0 Å². The first-order valence-electron chi connectivity index (χ1n) is 6.95. The quantitative estimate of drug-likeness (QED) is 0.678. The first kappa shape index (κ1) is 16.9. The number of aliphatic hydroxyl groups excluding tert-OH is 1. The van der Waals surface area contributed by atoms with E-state index >= 15 is 0 Å². The summed E-state index contributed by atoms with van der Waals surface area (Å²) >= 11 is 0. The third-order valence-electron chi connectivity index (χ3n) is 3.11. The van der Waals surface area contributed by atoms with Gasteiger partial charge in [-0.05, 0) is 37.6 Å². The average molecular weight is 284 g/mol. The second-order valence-corrected chi connectivity index (χ2v) is 4.95. The molecule has 0 heterocycles. The number of anilines is 1. The molecule has 20 heavy (non-hydrogen) atoms. The highest BCUT2D eigenvalue weighted by atomic mass is 19.1. The minimum absolute atomic E-state index is 0.0755. The molecule has 0 bridgehead atoms. The van der Waals surface area contributed by atoms with Crippen LogP contribution in [-0.4, -0.2) is 44.6 Å². The summed E-state index contributed by atoms with van der Waals surface area (Å²) in [5.41, 5.74) is 1.85. The van der Waals surface area contributed by atoms with E-state index in [1.54, 1.807) is 19.2 Å². The highest BCUT2D eigenvalue weighted by Gasteiger charge is 2.14. The summed E-state index contributed by atoms with van der Waals surface area (Å²) in [5, 5.41) is 12.4. The maximum absolute atomic E-state index is 13.5. The predicted molar refractivity (Wildman–Crippen MR) is 79.6 cm³/mol. The van der Waals surface area contributed by atoms with Crippen molar-refractivity contribution < 1.29 is 14.2 Å². The van der Waals surface area contributed by atoms with Gasteiger partial charge < -0.3 is 20.1 Å². The van der Waals surface area contributed by atoms with E-state index in [9.17, 15) is 9.50 Å². The van der Waals surface area contributed by atoms with Gasteiger partial charge in [0.15, 0.2) is 0 Å². The first-order valence-corrected chi connectivity index (χ1v) is 6.95. The van der Waals surface area contributed by atoms with E-state index in [2.05, 4.69) is 24.1 Å². The molecule has 0 aliphatic carbocycles. The van der Waals surface area contributed by atoms with Crippen LogP contribution in [0.4, 0.5) is 10.1 Å². The topological polar surface area (TPSA) is 44.7 Å². The number of nitrogens with one attached hydrogen (secondary N) is 1. The molecular weight excluding hydrogens is 259 g/mol. The molecule has 0 fully saturated rings. The van der Waals surface area contributed by atoms with Crippen molar-refractivity contribution in [1.82, 2.24) is 5.32 Å². The van der Waals surface area contributed by atoms with Crippen molar-refractivity contribution in [3.8, 4) is 0 Å². The SMILES string of the molecule is COCCNCc1cc(F)ccc1N(CCO)C(C)C. The molecule has 0 spiro atoms. The molecule has 0 saturated heterocycles. The summed E-state index contributed by atoms with van der Waals surface area (Å²) in [6, 6.07) is 5.02. The zero-order valence-corrected chi connectivity index (χ0v) is 12.5. The predicted octanol–water partition coefficient (Wildman–Crippen LogP) is 1.77. The molecule has 0 aliphatic rings. The van der Waals surface area contributed by atoms with Gasteiger partial charge in [0.05, 0.1) is 13.2 Å². The molecule has 0 atom stereocenters. The molecule has 0 radical (unpaired) electrons. The normalized spacial score (nSPS) is 11.1. The van der Waals surface area contributed by atoms with Crippen LogP contribution in [0.5, 0.6) is 0 Å². The highest BCUT2D eigenvalue weighted by molar-refractivity contribution is 5.54. The van der Waals surface area contributed by atoms with Crippen molar-refractivity contribution >= 4 is 5.69 Å². The van der Waals surface area contributed by atoms with Gasteiger partial charge in [0.25, 0.3) is 0 Å². The summed E-state index contributed by atoms with van der Waals surface area (Å²) in [7, 11) is 1.65. The lowest BCUT2D eigenvalue weighted by atomic mass is 10.1. The molecule has 0 aromatic heterocycles. The Morgan fingerprint density at radius 3 is 2.75 bits per heavy atom. The Bertz CT molecular complexity index is 399. The number of aliphatic hydroxyl groups is 1. The highest BCUT2D eigenvalue weighted by Crippen LogP contribution is 2.23. The maximum Gasteiger partial charge on any atom is 0.123 e. The van der Waals surface area contributed by atoms with Crippen LogP contribution in [0.1, 0.15) is 19.4 Å². The van der Waals surface area contributed by atoms with Gasteiger partial charge in [-0.15, -0.1) is 0 Å². The van der Waals surface area contributed by atoms with Crippen molar-refractivity contribution in [3.05, 3.63) is 29.6 Å². The molecule has 1 aromatic carbocycles. The van der Waals surface area contributed by atoms with Crippen LogP contribution < -0.4 is 10.2 Å². The maximum atomic E-state index is 13.5. The fourth-order valence-corrected chi connectivity index (χ4v) is 2.14. The summed E-state index contributed by atoms with van der Waals surface area (Å²) < 4.78 is 18.4. The standard InChI is InChI=1S/C15H25FN2O2/c1-12(2)18(7-8-19)15-5-4-14(16)10-13(15)11-17-6-9-20-3/h4-5,10,12,17,19H,6-9,11H2,1-3H3. The number of benzene rings is 1. The molecule has 114 valence electrons. The second kappa shape index (κ2) is 8.89.